The van der Waals surface area contributed by atoms with E-state index in [9.17, 15) is 19.5 Å². The molecule has 4 N–H and O–H groups in total. The van der Waals surface area contributed by atoms with Crippen LogP contribution in [0.3, 0.4) is 0 Å². The molecular weight excluding hydrogens is 560 g/mol. The summed E-state index contributed by atoms with van der Waals surface area (Å²) in [6, 6.07) is -2.42. The summed E-state index contributed by atoms with van der Waals surface area (Å²) in [5.74, 6) is -0.762. The number of ketones is 1. The van der Waals surface area contributed by atoms with Gasteiger partial charge in [-0.1, -0.05) is 52.4 Å². The summed E-state index contributed by atoms with van der Waals surface area (Å²) in [6.45, 7) is 8.65. The highest BCUT2D eigenvalue weighted by atomic mass is 16.6. The Kier molecular flexibility index (Phi) is 8.57. The van der Waals surface area contributed by atoms with Gasteiger partial charge in [-0.3, -0.25) is 25.0 Å². The van der Waals surface area contributed by atoms with Crippen LogP contribution in [0.25, 0.3) is 0 Å². The van der Waals surface area contributed by atoms with Crippen molar-refractivity contribution >= 4 is 23.7 Å². The summed E-state index contributed by atoms with van der Waals surface area (Å²) in [6.07, 6.45) is 9.51. The van der Waals surface area contributed by atoms with E-state index in [-0.39, 0.29) is 52.9 Å². The van der Waals surface area contributed by atoms with Gasteiger partial charge in [0.1, 0.15) is 17.7 Å². The number of nitrogens with zero attached hydrogens (tertiary/aromatic N) is 2. The number of carbonyl (C=O) groups is 4. The van der Waals surface area contributed by atoms with Gasteiger partial charge >= 0.3 is 6.09 Å². The molecule has 7 fully saturated rings. The molecule has 0 aromatic carbocycles. The molecular formula is C34H54N4O6. The Balaban J connectivity index is 1.42. The van der Waals surface area contributed by atoms with E-state index in [1.165, 1.54) is 0 Å². The number of nitrogens with one attached hydrogen (secondary N) is 1. The zero-order valence-corrected chi connectivity index (χ0v) is 27.1. The fourth-order valence-corrected chi connectivity index (χ4v) is 9.73. The number of amides is 3. The average Bonchev–Trinajstić information content (AvgIpc) is 3.27. The van der Waals surface area contributed by atoms with Gasteiger partial charge in [0.15, 0.2) is 12.0 Å². The highest BCUT2D eigenvalue weighted by Crippen LogP contribution is 2.65. The van der Waals surface area contributed by atoms with Crippen molar-refractivity contribution in [1.29, 1.82) is 0 Å². The molecule has 3 saturated heterocycles. The molecule has 7 rings (SSSR count). The first-order valence-electron chi connectivity index (χ1n) is 17.4. The number of aliphatic hydroxyl groups is 1. The monoisotopic (exact) mass is 614 g/mol. The standard InChI is InChI=1S/C34H54N4O6/c1-33(2)23-18-37-27(25(23)33)30(41)36-24(28(39)29(35)40)17-19-15-21(16-19)34(3,4)44-32(43)38(22-13-9-6-10-14-22)26(31(37)42)20-11-7-5-8-12-20/h19-27,29,40H,5-18,35H2,1-4H3,(H,36,41)/t19?,21?,23-,24?,25-,26+,27?,29?/m1/s1. The van der Waals surface area contributed by atoms with E-state index in [1.54, 1.807) is 4.90 Å². The minimum atomic E-state index is -1.69. The molecule has 246 valence electrons. The molecule has 4 saturated carbocycles. The van der Waals surface area contributed by atoms with E-state index in [4.69, 9.17) is 10.5 Å². The van der Waals surface area contributed by atoms with Gasteiger partial charge in [-0.05, 0) is 93.8 Å². The maximum atomic E-state index is 15.0. The lowest BCUT2D eigenvalue weighted by atomic mass is 9.65. The lowest BCUT2D eigenvalue weighted by Gasteiger charge is -2.48. The average molecular weight is 615 g/mol. The van der Waals surface area contributed by atoms with Crippen molar-refractivity contribution in [2.75, 3.05) is 6.54 Å². The molecule has 3 aliphatic heterocycles. The second-order valence-corrected chi connectivity index (χ2v) is 16.1. The van der Waals surface area contributed by atoms with Gasteiger partial charge in [-0.15, -0.1) is 0 Å². The topological polar surface area (TPSA) is 142 Å². The molecule has 6 atom stereocenters. The minimum Gasteiger partial charge on any atom is -0.443 e. The highest BCUT2D eigenvalue weighted by molar-refractivity contribution is 5.96. The van der Waals surface area contributed by atoms with Crippen molar-refractivity contribution in [3.05, 3.63) is 0 Å². The van der Waals surface area contributed by atoms with Gasteiger partial charge in [0.2, 0.25) is 11.8 Å². The fraction of sp³-hybridized carbons (Fsp3) is 0.882. The molecule has 3 unspecified atom stereocenters. The Labute approximate surface area is 262 Å². The number of ether oxygens (including phenoxy) is 1. The summed E-state index contributed by atoms with van der Waals surface area (Å²) < 4.78 is 6.41. The molecule has 0 aromatic heterocycles. The van der Waals surface area contributed by atoms with Crippen molar-refractivity contribution in [2.24, 2.45) is 40.7 Å². The van der Waals surface area contributed by atoms with Gasteiger partial charge in [-0.25, -0.2) is 4.79 Å². The van der Waals surface area contributed by atoms with Crippen LogP contribution in [-0.2, 0) is 19.1 Å². The van der Waals surface area contributed by atoms with E-state index in [1.807, 2.05) is 18.7 Å². The molecule has 10 heteroatoms. The number of hydrogen-bond acceptors (Lipinski definition) is 7. The first kappa shape index (κ1) is 31.8. The van der Waals surface area contributed by atoms with Crippen LogP contribution in [0.2, 0.25) is 0 Å². The zero-order valence-electron chi connectivity index (χ0n) is 27.1. The highest BCUT2D eigenvalue weighted by Gasteiger charge is 2.70. The zero-order chi connectivity index (χ0) is 31.6. The predicted molar refractivity (Wildman–Crippen MR) is 164 cm³/mol. The van der Waals surface area contributed by atoms with Gasteiger partial charge < -0.3 is 20.1 Å². The molecule has 10 nitrogen and oxygen atoms in total. The molecule has 3 amide bonds. The number of aliphatic hydroxyl groups excluding tert-OH is 1. The van der Waals surface area contributed by atoms with Crippen LogP contribution in [-0.4, -0.2) is 81.1 Å². The number of piperidine rings is 1. The third-order valence-corrected chi connectivity index (χ3v) is 12.7. The number of rotatable bonds is 4. The lowest BCUT2D eigenvalue weighted by molar-refractivity contribution is -0.148. The van der Waals surface area contributed by atoms with E-state index in [0.29, 0.717) is 13.0 Å². The van der Waals surface area contributed by atoms with Gasteiger partial charge in [0, 0.05) is 12.6 Å². The van der Waals surface area contributed by atoms with Gasteiger partial charge in [0.05, 0.1) is 6.04 Å². The van der Waals surface area contributed by atoms with Crippen molar-refractivity contribution in [3.63, 3.8) is 0 Å². The second kappa shape index (κ2) is 11.9. The fourth-order valence-electron chi connectivity index (χ4n) is 9.73. The van der Waals surface area contributed by atoms with Crippen LogP contribution in [0.1, 0.15) is 111 Å². The molecule has 44 heavy (non-hydrogen) atoms. The normalized spacial score (nSPS) is 38.7. The van der Waals surface area contributed by atoms with E-state index in [2.05, 4.69) is 19.2 Å². The summed E-state index contributed by atoms with van der Waals surface area (Å²) in [7, 11) is 0. The third-order valence-electron chi connectivity index (χ3n) is 12.7. The Hall–Kier alpha value is -2.20. The van der Waals surface area contributed by atoms with Crippen LogP contribution in [0.4, 0.5) is 4.79 Å². The molecule has 0 radical (unpaired) electrons. The van der Waals surface area contributed by atoms with E-state index < -0.39 is 41.8 Å². The van der Waals surface area contributed by atoms with Gasteiger partial charge in [0.25, 0.3) is 0 Å². The Morgan fingerprint density at radius 2 is 1.55 bits per heavy atom. The van der Waals surface area contributed by atoms with Crippen molar-refractivity contribution in [3.8, 4) is 0 Å². The third kappa shape index (κ3) is 5.67. The molecule has 4 aliphatic carbocycles. The summed E-state index contributed by atoms with van der Waals surface area (Å²) in [5, 5.41) is 13.0. The summed E-state index contributed by atoms with van der Waals surface area (Å²) in [5.41, 5.74) is 4.77. The number of nitrogens with two attached hydrogens (primary N) is 1. The van der Waals surface area contributed by atoms with Crippen molar-refractivity contribution < 1.29 is 29.0 Å². The molecule has 3 heterocycles. The molecule has 0 aromatic rings. The SMILES string of the molecule is CC1(C)OC(=O)N(C2CCCCC2)[C@@H](C2CCCCC2)C(=O)N2C[C@@H]3[C@H](C2C(=O)NC(C(=O)C(N)O)CC2CC1C2)C3(C)C. The van der Waals surface area contributed by atoms with E-state index >= 15 is 4.79 Å². The molecule has 7 aliphatic rings. The van der Waals surface area contributed by atoms with Crippen LogP contribution in [0.5, 0.6) is 0 Å². The first-order chi connectivity index (χ1) is 20.8. The number of Topliss-reactive ketones (excluding diaryl/α,β-unsaturated/α-hetero) is 1. The molecule has 2 bridgehead atoms. The lowest BCUT2D eigenvalue weighted by Crippen LogP contribution is -2.62. The summed E-state index contributed by atoms with van der Waals surface area (Å²) >= 11 is 0. The van der Waals surface area contributed by atoms with Crippen LogP contribution in [0.15, 0.2) is 0 Å². The maximum Gasteiger partial charge on any atom is 0.411 e. The quantitative estimate of drug-likeness (QED) is 0.410. The number of carbonyl (C=O) groups excluding carboxylic acids is 4. The molecule has 0 spiro atoms. The minimum absolute atomic E-state index is 0.00738. The van der Waals surface area contributed by atoms with Crippen LogP contribution < -0.4 is 11.1 Å². The first-order valence-corrected chi connectivity index (χ1v) is 17.4. The second-order valence-electron chi connectivity index (χ2n) is 16.1. The number of hydrogen-bond donors (Lipinski definition) is 3. The summed E-state index contributed by atoms with van der Waals surface area (Å²) in [4.78, 5) is 60.3. The smallest absolute Gasteiger partial charge is 0.411 e. The predicted octanol–water partition coefficient (Wildman–Crippen LogP) is 3.73. The van der Waals surface area contributed by atoms with Crippen LogP contribution in [0, 0.1) is 35.0 Å². The van der Waals surface area contributed by atoms with Crippen LogP contribution >= 0.6 is 0 Å². The van der Waals surface area contributed by atoms with Gasteiger partial charge in [-0.2, -0.15) is 0 Å². The van der Waals surface area contributed by atoms with Crippen molar-refractivity contribution in [1.82, 2.24) is 15.1 Å². The Bertz CT molecular complexity index is 1140. The number of fused-ring (bicyclic) bond motifs is 9. The van der Waals surface area contributed by atoms with Crippen molar-refractivity contribution in [2.45, 2.75) is 147 Å². The van der Waals surface area contributed by atoms with E-state index in [0.717, 1.165) is 77.0 Å². The Morgan fingerprint density at radius 1 is 0.932 bits per heavy atom. The maximum absolute atomic E-state index is 15.0. The Morgan fingerprint density at radius 3 is 2.16 bits per heavy atom. The largest absolute Gasteiger partial charge is 0.443 e.